The maximum Gasteiger partial charge on any atom is 0.242 e. The van der Waals surface area contributed by atoms with Crippen molar-refractivity contribution in [2.75, 3.05) is 39.3 Å². The topological polar surface area (TPSA) is 99.9 Å². The zero-order valence-electron chi connectivity index (χ0n) is 19.8. The van der Waals surface area contributed by atoms with Gasteiger partial charge < -0.3 is 9.42 Å². The molecule has 3 aliphatic rings. The number of hydrogen-bond donors (Lipinski definition) is 0. The SMILES string of the molecule is O=C(CN1C(=O)[C@H]2CC=CC[C@@H]2C1=O)N1CCN(CCCc2nc(Cc3ccccc3)no2)CC1. The first-order chi connectivity index (χ1) is 17.1. The number of carbonyl (C=O) groups excluding carboxylic acids is 3. The Bertz CT molecular complexity index is 1060. The number of imide groups is 1. The molecule has 0 unspecified atom stereocenters. The summed E-state index contributed by atoms with van der Waals surface area (Å²) < 4.78 is 5.39. The highest BCUT2D eigenvalue weighted by molar-refractivity contribution is 6.07. The number of piperazine rings is 1. The number of aryl methyl sites for hydroxylation is 1. The monoisotopic (exact) mass is 477 g/mol. The van der Waals surface area contributed by atoms with Crippen LogP contribution in [0.3, 0.4) is 0 Å². The molecule has 0 radical (unpaired) electrons. The molecule has 3 heterocycles. The van der Waals surface area contributed by atoms with Crippen molar-refractivity contribution in [3.05, 3.63) is 59.8 Å². The van der Waals surface area contributed by atoms with Crippen LogP contribution in [0.5, 0.6) is 0 Å². The Morgan fingerprint density at radius 3 is 2.34 bits per heavy atom. The van der Waals surface area contributed by atoms with E-state index in [0.717, 1.165) is 38.0 Å². The number of aromatic nitrogens is 2. The summed E-state index contributed by atoms with van der Waals surface area (Å²) in [5.74, 6) is 0.253. The van der Waals surface area contributed by atoms with Crippen molar-refractivity contribution in [1.82, 2.24) is 24.8 Å². The summed E-state index contributed by atoms with van der Waals surface area (Å²) in [7, 11) is 0. The minimum absolute atomic E-state index is 0.132. The molecule has 1 aromatic heterocycles. The van der Waals surface area contributed by atoms with Crippen LogP contribution in [-0.2, 0) is 27.2 Å². The molecule has 2 saturated heterocycles. The number of amides is 3. The van der Waals surface area contributed by atoms with Gasteiger partial charge in [-0.25, -0.2) is 0 Å². The van der Waals surface area contributed by atoms with E-state index in [1.54, 1.807) is 4.90 Å². The van der Waals surface area contributed by atoms with Gasteiger partial charge in [0.25, 0.3) is 0 Å². The number of allylic oxidation sites excluding steroid dienone is 2. The fourth-order valence-corrected chi connectivity index (χ4v) is 5.18. The first kappa shape index (κ1) is 23.4. The Morgan fingerprint density at radius 2 is 1.66 bits per heavy atom. The van der Waals surface area contributed by atoms with Crippen LogP contribution in [0.15, 0.2) is 47.0 Å². The average molecular weight is 478 g/mol. The van der Waals surface area contributed by atoms with Gasteiger partial charge >= 0.3 is 0 Å². The zero-order chi connectivity index (χ0) is 24.2. The van der Waals surface area contributed by atoms with Gasteiger partial charge in [0.1, 0.15) is 6.54 Å². The molecule has 1 aliphatic carbocycles. The Labute approximate surface area is 204 Å². The lowest BCUT2D eigenvalue weighted by molar-refractivity contribution is -0.147. The smallest absolute Gasteiger partial charge is 0.242 e. The van der Waals surface area contributed by atoms with Gasteiger partial charge in [-0.1, -0.05) is 47.6 Å². The van der Waals surface area contributed by atoms with Crippen LogP contribution >= 0.6 is 0 Å². The first-order valence-electron chi connectivity index (χ1n) is 12.4. The molecule has 0 bridgehead atoms. The molecule has 2 fully saturated rings. The van der Waals surface area contributed by atoms with Crippen molar-refractivity contribution in [3.8, 4) is 0 Å². The predicted octanol–water partition coefficient (Wildman–Crippen LogP) is 1.69. The second-order valence-corrected chi connectivity index (χ2v) is 9.51. The van der Waals surface area contributed by atoms with E-state index in [1.165, 1.54) is 4.90 Å². The van der Waals surface area contributed by atoms with Gasteiger partial charge in [0, 0.05) is 39.0 Å². The van der Waals surface area contributed by atoms with Gasteiger partial charge in [-0.2, -0.15) is 4.98 Å². The van der Waals surface area contributed by atoms with Gasteiger partial charge in [0.05, 0.1) is 11.8 Å². The van der Waals surface area contributed by atoms with E-state index >= 15 is 0 Å². The summed E-state index contributed by atoms with van der Waals surface area (Å²) in [6, 6.07) is 10.1. The minimum Gasteiger partial charge on any atom is -0.339 e. The average Bonchev–Trinajstić information content (AvgIpc) is 3.43. The summed E-state index contributed by atoms with van der Waals surface area (Å²) in [5.41, 5.74) is 1.15. The number of nitrogens with zero attached hydrogens (tertiary/aromatic N) is 5. The standard InChI is InChI=1S/C26H31N5O4/c32-24(18-31-25(33)20-9-4-5-10-21(20)26(31)34)30-15-13-29(14-16-30)12-6-11-23-27-22(28-35-23)17-19-7-2-1-3-8-19/h1-5,7-8,20-21H,6,9-18H2/t20-,21-/m0/s1. The normalized spacial score (nSPS) is 22.6. The molecule has 3 amide bonds. The van der Waals surface area contributed by atoms with Crippen molar-refractivity contribution < 1.29 is 18.9 Å². The molecule has 9 nitrogen and oxygen atoms in total. The highest BCUT2D eigenvalue weighted by atomic mass is 16.5. The van der Waals surface area contributed by atoms with Crippen molar-refractivity contribution in [2.45, 2.75) is 32.1 Å². The van der Waals surface area contributed by atoms with Crippen molar-refractivity contribution in [1.29, 1.82) is 0 Å². The third-order valence-corrected chi connectivity index (χ3v) is 7.20. The van der Waals surface area contributed by atoms with E-state index < -0.39 is 0 Å². The molecule has 0 saturated carbocycles. The number of fused-ring (bicyclic) bond motifs is 1. The highest BCUT2D eigenvalue weighted by Gasteiger charge is 2.48. The summed E-state index contributed by atoms with van der Waals surface area (Å²) in [4.78, 5) is 47.8. The number of benzene rings is 1. The van der Waals surface area contributed by atoms with Crippen molar-refractivity contribution in [3.63, 3.8) is 0 Å². The Kier molecular flexibility index (Phi) is 7.03. The molecule has 0 N–H and O–H groups in total. The summed E-state index contributed by atoms with van der Waals surface area (Å²) >= 11 is 0. The van der Waals surface area contributed by atoms with Crippen molar-refractivity contribution in [2.24, 2.45) is 11.8 Å². The second kappa shape index (κ2) is 10.5. The Balaban J connectivity index is 1.02. The van der Waals surface area contributed by atoms with Crippen LogP contribution in [0.4, 0.5) is 0 Å². The van der Waals surface area contributed by atoms with Gasteiger partial charge in [0.2, 0.25) is 23.6 Å². The summed E-state index contributed by atoms with van der Waals surface area (Å²) in [6.45, 7) is 3.50. The van der Waals surface area contributed by atoms with E-state index in [-0.39, 0.29) is 36.1 Å². The maximum absolute atomic E-state index is 12.8. The number of hydrogen-bond acceptors (Lipinski definition) is 7. The molecule has 0 spiro atoms. The third kappa shape index (κ3) is 5.35. The zero-order valence-corrected chi connectivity index (χ0v) is 19.8. The van der Waals surface area contributed by atoms with Crippen molar-refractivity contribution >= 4 is 17.7 Å². The highest BCUT2D eigenvalue weighted by Crippen LogP contribution is 2.34. The Morgan fingerprint density at radius 1 is 0.971 bits per heavy atom. The van der Waals surface area contributed by atoms with Crippen LogP contribution in [-0.4, -0.2) is 81.8 Å². The number of rotatable bonds is 8. The maximum atomic E-state index is 12.8. The van der Waals surface area contributed by atoms with E-state index in [9.17, 15) is 14.4 Å². The van der Waals surface area contributed by atoms with Crippen LogP contribution < -0.4 is 0 Å². The molecule has 1 aromatic carbocycles. The summed E-state index contributed by atoms with van der Waals surface area (Å²) in [6.07, 6.45) is 7.38. The van der Waals surface area contributed by atoms with Gasteiger partial charge in [-0.05, 0) is 31.4 Å². The lowest BCUT2D eigenvalue weighted by Crippen LogP contribution is -2.52. The van der Waals surface area contributed by atoms with E-state index in [0.29, 0.717) is 44.1 Å². The molecule has 184 valence electrons. The molecule has 2 atom stereocenters. The molecule has 2 aromatic rings. The van der Waals surface area contributed by atoms with Crippen LogP contribution in [0.1, 0.15) is 36.5 Å². The van der Waals surface area contributed by atoms with Gasteiger partial charge in [-0.3, -0.25) is 24.2 Å². The molecular formula is C26H31N5O4. The molecule has 35 heavy (non-hydrogen) atoms. The molecular weight excluding hydrogens is 446 g/mol. The van der Waals surface area contributed by atoms with E-state index in [1.807, 2.05) is 42.5 Å². The third-order valence-electron chi connectivity index (χ3n) is 7.20. The number of likely N-dealkylation sites (tertiary alicyclic amines) is 1. The summed E-state index contributed by atoms with van der Waals surface area (Å²) in [5, 5.41) is 4.08. The van der Waals surface area contributed by atoms with E-state index in [4.69, 9.17) is 4.52 Å². The fraction of sp³-hybridized carbons (Fsp3) is 0.500. The molecule has 9 heteroatoms. The molecule has 5 rings (SSSR count). The van der Waals surface area contributed by atoms with Gasteiger partial charge in [-0.15, -0.1) is 0 Å². The first-order valence-corrected chi connectivity index (χ1v) is 12.4. The quantitative estimate of drug-likeness (QED) is 0.421. The second-order valence-electron chi connectivity index (χ2n) is 9.51. The Hall–Kier alpha value is -3.33. The largest absolute Gasteiger partial charge is 0.339 e. The van der Waals surface area contributed by atoms with E-state index in [2.05, 4.69) is 15.0 Å². The minimum atomic E-state index is -0.287. The fourth-order valence-electron chi connectivity index (χ4n) is 5.18. The molecule has 2 aliphatic heterocycles. The van der Waals surface area contributed by atoms with Crippen LogP contribution in [0, 0.1) is 11.8 Å². The van der Waals surface area contributed by atoms with Gasteiger partial charge in [0.15, 0.2) is 5.82 Å². The lowest BCUT2D eigenvalue weighted by atomic mass is 9.85. The van der Waals surface area contributed by atoms with Crippen LogP contribution in [0.2, 0.25) is 0 Å². The number of carbonyl (C=O) groups is 3. The lowest BCUT2D eigenvalue weighted by Gasteiger charge is -2.35. The predicted molar refractivity (Wildman–Crippen MR) is 127 cm³/mol. The van der Waals surface area contributed by atoms with Crippen LogP contribution in [0.25, 0.3) is 0 Å².